The van der Waals surface area contributed by atoms with Gasteiger partial charge in [0.15, 0.2) is 0 Å². The fourth-order valence-corrected chi connectivity index (χ4v) is 1.53. The van der Waals surface area contributed by atoms with Crippen molar-refractivity contribution in [2.24, 2.45) is 0 Å². The number of ether oxygens (including phenoxy) is 3. The number of rotatable bonds is 9. The van der Waals surface area contributed by atoms with Gasteiger partial charge in [-0.2, -0.15) is 0 Å². The van der Waals surface area contributed by atoms with Crippen molar-refractivity contribution in [3.63, 3.8) is 0 Å². The average molecular weight is 251 g/mol. The second-order valence-electron chi connectivity index (χ2n) is 3.72. The first-order valence-electron chi connectivity index (χ1n) is 5.92. The Morgan fingerprint density at radius 2 is 2.11 bits per heavy atom. The third-order valence-electron chi connectivity index (χ3n) is 2.47. The summed E-state index contributed by atoms with van der Waals surface area (Å²) in [7, 11) is 3.30. The summed E-state index contributed by atoms with van der Waals surface area (Å²) < 4.78 is 15.8. The van der Waals surface area contributed by atoms with Crippen molar-refractivity contribution in [1.82, 2.24) is 5.32 Å². The van der Waals surface area contributed by atoms with E-state index in [0.717, 1.165) is 30.2 Å². The lowest BCUT2D eigenvalue weighted by molar-refractivity contribution is 0.163. The third-order valence-corrected chi connectivity index (χ3v) is 2.47. The molecule has 0 aliphatic rings. The molecule has 1 N–H and O–H groups in total. The minimum absolute atomic E-state index is 0.591. The normalized spacial score (nSPS) is 10.1. The van der Waals surface area contributed by atoms with E-state index in [1.165, 1.54) is 0 Å². The lowest BCUT2D eigenvalue weighted by atomic mass is 10.2. The van der Waals surface area contributed by atoms with E-state index in [-0.39, 0.29) is 0 Å². The second kappa shape index (κ2) is 8.55. The van der Waals surface area contributed by atoms with Gasteiger partial charge in [-0.25, -0.2) is 0 Å². The van der Waals surface area contributed by atoms with E-state index >= 15 is 0 Å². The molecule has 0 fully saturated rings. The lowest BCUT2D eigenvalue weighted by Gasteiger charge is -2.11. The molecular weight excluding hydrogens is 230 g/mol. The quantitative estimate of drug-likeness (QED) is 0.538. The number of benzene rings is 1. The van der Waals surface area contributed by atoms with Crippen LogP contribution < -0.4 is 14.8 Å². The van der Waals surface area contributed by atoms with Crippen LogP contribution in [-0.4, -0.2) is 34.0 Å². The lowest BCUT2D eigenvalue weighted by Crippen LogP contribution is -2.19. The van der Waals surface area contributed by atoms with Crippen LogP contribution in [0.5, 0.6) is 11.5 Å². The van der Waals surface area contributed by atoms with Gasteiger partial charge in [-0.15, -0.1) is 6.58 Å². The summed E-state index contributed by atoms with van der Waals surface area (Å²) >= 11 is 0. The van der Waals surface area contributed by atoms with Gasteiger partial charge in [0.2, 0.25) is 0 Å². The van der Waals surface area contributed by atoms with Crippen LogP contribution in [0, 0.1) is 0 Å². The van der Waals surface area contributed by atoms with Gasteiger partial charge in [-0.3, -0.25) is 0 Å². The molecule has 4 heteroatoms. The van der Waals surface area contributed by atoms with Gasteiger partial charge in [0, 0.05) is 24.7 Å². The van der Waals surface area contributed by atoms with Gasteiger partial charge in [-0.1, -0.05) is 12.1 Å². The molecule has 0 saturated heterocycles. The van der Waals surface area contributed by atoms with Crippen LogP contribution in [0.4, 0.5) is 0 Å². The van der Waals surface area contributed by atoms with Crippen molar-refractivity contribution in [3.05, 3.63) is 36.4 Å². The monoisotopic (exact) mass is 251 g/mol. The standard InChI is InChI=1S/C14H21NO3/c1-4-8-18-9-7-15-11-12-5-6-13(16-2)10-14(12)17-3/h4-6,10,15H,1,7-9,11H2,2-3H3. The van der Waals surface area contributed by atoms with Gasteiger partial charge in [0.1, 0.15) is 11.5 Å². The Labute approximate surface area is 109 Å². The van der Waals surface area contributed by atoms with E-state index in [1.807, 2.05) is 18.2 Å². The zero-order chi connectivity index (χ0) is 13.2. The summed E-state index contributed by atoms with van der Waals surface area (Å²) in [5, 5.41) is 3.29. The maximum absolute atomic E-state index is 5.32. The largest absolute Gasteiger partial charge is 0.497 e. The highest BCUT2D eigenvalue weighted by molar-refractivity contribution is 5.40. The van der Waals surface area contributed by atoms with Crippen molar-refractivity contribution < 1.29 is 14.2 Å². The van der Waals surface area contributed by atoms with Gasteiger partial charge >= 0.3 is 0 Å². The molecule has 0 amide bonds. The predicted molar refractivity (Wildman–Crippen MR) is 72.3 cm³/mol. The molecule has 18 heavy (non-hydrogen) atoms. The number of methoxy groups -OCH3 is 2. The topological polar surface area (TPSA) is 39.7 Å². The molecule has 0 unspecified atom stereocenters. The van der Waals surface area contributed by atoms with Gasteiger partial charge in [-0.05, 0) is 6.07 Å². The van der Waals surface area contributed by atoms with E-state index in [2.05, 4.69) is 11.9 Å². The van der Waals surface area contributed by atoms with Crippen molar-refractivity contribution in [2.75, 3.05) is 34.0 Å². The molecule has 0 aliphatic carbocycles. The Bertz CT molecular complexity index is 366. The van der Waals surface area contributed by atoms with Gasteiger partial charge < -0.3 is 19.5 Å². The fourth-order valence-electron chi connectivity index (χ4n) is 1.53. The second-order valence-corrected chi connectivity index (χ2v) is 3.72. The van der Waals surface area contributed by atoms with E-state index in [4.69, 9.17) is 14.2 Å². The average Bonchev–Trinajstić information content (AvgIpc) is 2.42. The van der Waals surface area contributed by atoms with Crippen molar-refractivity contribution in [1.29, 1.82) is 0 Å². The van der Waals surface area contributed by atoms with Crippen LogP contribution >= 0.6 is 0 Å². The first-order chi connectivity index (χ1) is 8.81. The van der Waals surface area contributed by atoms with Crippen LogP contribution in [-0.2, 0) is 11.3 Å². The SMILES string of the molecule is C=CCOCCNCc1ccc(OC)cc1OC. The molecule has 0 bridgehead atoms. The molecule has 0 atom stereocenters. The maximum Gasteiger partial charge on any atom is 0.127 e. The Morgan fingerprint density at radius 3 is 2.78 bits per heavy atom. The Kier molecular flexibility index (Phi) is 6.91. The maximum atomic E-state index is 5.32. The molecule has 0 aromatic heterocycles. The van der Waals surface area contributed by atoms with Crippen LogP contribution in [0.1, 0.15) is 5.56 Å². The van der Waals surface area contributed by atoms with E-state index in [0.29, 0.717) is 13.2 Å². The number of nitrogens with one attached hydrogen (secondary N) is 1. The third kappa shape index (κ3) is 4.77. The highest BCUT2D eigenvalue weighted by Crippen LogP contribution is 2.24. The van der Waals surface area contributed by atoms with Crippen LogP contribution in [0.3, 0.4) is 0 Å². The highest BCUT2D eigenvalue weighted by Gasteiger charge is 2.04. The van der Waals surface area contributed by atoms with Crippen LogP contribution in [0.25, 0.3) is 0 Å². The minimum Gasteiger partial charge on any atom is -0.497 e. The molecule has 1 aromatic carbocycles. The van der Waals surface area contributed by atoms with Crippen molar-refractivity contribution >= 4 is 0 Å². The smallest absolute Gasteiger partial charge is 0.127 e. The van der Waals surface area contributed by atoms with E-state index in [1.54, 1.807) is 20.3 Å². The molecule has 0 heterocycles. The molecule has 100 valence electrons. The van der Waals surface area contributed by atoms with E-state index < -0.39 is 0 Å². The Morgan fingerprint density at radius 1 is 1.28 bits per heavy atom. The Balaban J connectivity index is 2.39. The number of hydrogen-bond acceptors (Lipinski definition) is 4. The Hall–Kier alpha value is -1.52. The van der Waals surface area contributed by atoms with Crippen molar-refractivity contribution in [3.8, 4) is 11.5 Å². The number of hydrogen-bond donors (Lipinski definition) is 1. The summed E-state index contributed by atoms with van der Waals surface area (Å²) in [4.78, 5) is 0. The molecular formula is C14H21NO3. The molecule has 1 aromatic rings. The summed E-state index contributed by atoms with van der Waals surface area (Å²) in [5.41, 5.74) is 1.10. The fraction of sp³-hybridized carbons (Fsp3) is 0.429. The first-order valence-corrected chi connectivity index (χ1v) is 5.92. The zero-order valence-electron chi connectivity index (χ0n) is 11.1. The highest BCUT2D eigenvalue weighted by atomic mass is 16.5. The summed E-state index contributed by atoms with van der Waals surface area (Å²) in [6.45, 7) is 6.39. The predicted octanol–water partition coefficient (Wildman–Crippen LogP) is 2.00. The van der Waals surface area contributed by atoms with Gasteiger partial charge in [0.25, 0.3) is 0 Å². The zero-order valence-corrected chi connectivity index (χ0v) is 11.1. The van der Waals surface area contributed by atoms with E-state index in [9.17, 15) is 0 Å². The van der Waals surface area contributed by atoms with Crippen LogP contribution in [0.15, 0.2) is 30.9 Å². The van der Waals surface area contributed by atoms with Crippen LogP contribution in [0.2, 0.25) is 0 Å². The molecule has 0 saturated carbocycles. The minimum atomic E-state index is 0.591. The molecule has 1 rings (SSSR count). The summed E-state index contributed by atoms with van der Waals surface area (Å²) in [6.07, 6.45) is 1.74. The molecule has 0 spiro atoms. The summed E-state index contributed by atoms with van der Waals surface area (Å²) in [5.74, 6) is 1.62. The molecule has 0 aliphatic heterocycles. The van der Waals surface area contributed by atoms with Crippen molar-refractivity contribution in [2.45, 2.75) is 6.54 Å². The first kappa shape index (κ1) is 14.5. The summed E-state index contributed by atoms with van der Waals surface area (Å²) in [6, 6.07) is 5.80. The molecule has 4 nitrogen and oxygen atoms in total. The van der Waals surface area contributed by atoms with Gasteiger partial charge in [0.05, 0.1) is 27.4 Å². The molecule has 0 radical (unpaired) electrons.